The molecule has 0 saturated carbocycles. The molecule has 0 spiro atoms. The van der Waals surface area contributed by atoms with Gasteiger partial charge in [0.15, 0.2) is 0 Å². The fourth-order valence-corrected chi connectivity index (χ4v) is 7.70. The number of anilines is 6. The smallest absolute Gasteiger partial charge is 0.235 e. The highest BCUT2D eigenvalue weighted by atomic mass is 31.2. The molecule has 0 aliphatic rings. The molecule has 222 valence electrons. The molecule has 0 amide bonds. The maximum atomic E-state index is 15.7. The molecule has 5 aromatic carbocycles. The first-order valence-corrected chi connectivity index (χ1v) is 16.6. The van der Waals surface area contributed by atoms with Crippen molar-refractivity contribution in [3.63, 3.8) is 0 Å². The third kappa shape index (κ3) is 5.68. The standard InChI is InChI=1S/C38H29N6OP/c45-46(34-24-14-5-15-25-34,35-26-28-39-37(41-35)43(30-16-6-1-7-17-30)31-18-8-2-9-19-31)36-27-29-40-38(42-36)44(32-20-10-3-11-21-32)33-22-12-4-13-23-33/h1-29H. The summed E-state index contributed by atoms with van der Waals surface area (Å²) in [5.41, 5.74) is 4.27. The van der Waals surface area contributed by atoms with E-state index in [0.717, 1.165) is 22.7 Å². The molecular formula is C38H29N6OP. The van der Waals surface area contributed by atoms with Gasteiger partial charge in [-0.25, -0.2) is 19.9 Å². The van der Waals surface area contributed by atoms with Gasteiger partial charge in [0, 0.05) is 40.4 Å². The Kier molecular flexibility index (Phi) is 8.14. The van der Waals surface area contributed by atoms with Crippen LogP contribution in [0, 0.1) is 0 Å². The highest BCUT2D eigenvalue weighted by Crippen LogP contribution is 2.43. The van der Waals surface area contributed by atoms with Crippen LogP contribution in [0.4, 0.5) is 34.6 Å². The van der Waals surface area contributed by atoms with Crippen LogP contribution in [0.15, 0.2) is 176 Å². The zero-order chi connectivity index (χ0) is 31.2. The molecule has 0 radical (unpaired) electrons. The monoisotopic (exact) mass is 616 g/mol. The second-order valence-corrected chi connectivity index (χ2v) is 13.0. The van der Waals surface area contributed by atoms with E-state index in [1.165, 1.54) is 0 Å². The highest BCUT2D eigenvalue weighted by molar-refractivity contribution is 7.84. The molecular weight excluding hydrogens is 587 g/mol. The summed E-state index contributed by atoms with van der Waals surface area (Å²) in [4.78, 5) is 23.3. The van der Waals surface area contributed by atoms with Crippen LogP contribution in [0.25, 0.3) is 0 Å². The van der Waals surface area contributed by atoms with E-state index in [1.807, 2.05) is 161 Å². The summed E-state index contributed by atoms with van der Waals surface area (Å²) in [5.74, 6) is 0.797. The van der Waals surface area contributed by atoms with Crippen LogP contribution in [0.1, 0.15) is 0 Å². The van der Waals surface area contributed by atoms with Crippen molar-refractivity contribution in [2.45, 2.75) is 0 Å². The van der Waals surface area contributed by atoms with Crippen LogP contribution >= 0.6 is 7.14 Å². The summed E-state index contributed by atoms with van der Waals surface area (Å²) >= 11 is 0. The van der Waals surface area contributed by atoms with E-state index in [2.05, 4.69) is 9.97 Å². The first-order chi connectivity index (χ1) is 22.7. The van der Waals surface area contributed by atoms with E-state index in [9.17, 15) is 0 Å². The number of nitrogens with zero attached hydrogens (tertiary/aromatic N) is 6. The Labute approximate surface area is 267 Å². The average molecular weight is 617 g/mol. The summed E-state index contributed by atoms with van der Waals surface area (Å²) in [5, 5.41) is 0.612. The lowest BCUT2D eigenvalue weighted by molar-refractivity contribution is 0.591. The van der Waals surface area contributed by atoms with Gasteiger partial charge in [-0.2, -0.15) is 0 Å². The quantitative estimate of drug-likeness (QED) is 0.153. The Hall–Kier alpha value is -5.91. The Bertz CT molecular complexity index is 1870. The number of hydrogen-bond donors (Lipinski definition) is 0. The lowest BCUT2D eigenvalue weighted by Gasteiger charge is -2.26. The fourth-order valence-electron chi connectivity index (χ4n) is 5.33. The number of rotatable bonds is 9. The van der Waals surface area contributed by atoms with Crippen LogP contribution < -0.4 is 26.0 Å². The van der Waals surface area contributed by atoms with Gasteiger partial charge in [0.05, 0.1) is 0 Å². The second-order valence-electron chi connectivity index (χ2n) is 10.4. The van der Waals surface area contributed by atoms with Crippen molar-refractivity contribution in [1.82, 2.24) is 19.9 Å². The Morgan fingerprint density at radius 2 is 0.696 bits per heavy atom. The Balaban J connectivity index is 1.41. The Morgan fingerprint density at radius 3 is 1.02 bits per heavy atom. The largest absolute Gasteiger partial charge is 0.305 e. The van der Waals surface area contributed by atoms with Crippen molar-refractivity contribution in [3.05, 3.63) is 176 Å². The van der Waals surface area contributed by atoms with Gasteiger partial charge >= 0.3 is 0 Å². The van der Waals surface area contributed by atoms with Gasteiger partial charge in [0.1, 0.15) is 10.9 Å². The maximum Gasteiger partial charge on any atom is 0.235 e. The molecule has 0 fully saturated rings. The third-order valence-electron chi connectivity index (χ3n) is 7.48. The lowest BCUT2D eigenvalue weighted by Crippen LogP contribution is -2.31. The van der Waals surface area contributed by atoms with Crippen molar-refractivity contribution < 1.29 is 4.57 Å². The maximum absolute atomic E-state index is 15.7. The van der Waals surface area contributed by atoms with Crippen LogP contribution in [0.2, 0.25) is 0 Å². The van der Waals surface area contributed by atoms with Gasteiger partial charge in [-0.3, -0.25) is 9.80 Å². The number of aromatic nitrogens is 4. The molecule has 7 rings (SSSR count). The minimum Gasteiger partial charge on any atom is -0.305 e. The third-order valence-corrected chi connectivity index (χ3v) is 10.3. The highest BCUT2D eigenvalue weighted by Gasteiger charge is 2.35. The van der Waals surface area contributed by atoms with Gasteiger partial charge in [-0.05, 0) is 60.7 Å². The van der Waals surface area contributed by atoms with E-state index >= 15 is 4.57 Å². The molecule has 0 bridgehead atoms. The lowest BCUT2D eigenvalue weighted by atomic mass is 10.2. The molecule has 0 aliphatic carbocycles. The number of hydrogen-bond acceptors (Lipinski definition) is 7. The summed E-state index contributed by atoms with van der Waals surface area (Å²) in [6.07, 6.45) is 3.32. The van der Waals surface area contributed by atoms with E-state index < -0.39 is 7.14 Å². The molecule has 7 nitrogen and oxygen atoms in total. The predicted octanol–water partition coefficient (Wildman–Crippen LogP) is 7.85. The fraction of sp³-hybridized carbons (Fsp3) is 0. The molecule has 0 unspecified atom stereocenters. The molecule has 2 aromatic heterocycles. The number of benzene rings is 5. The zero-order valence-electron chi connectivity index (χ0n) is 24.8. The van der Waals surface area contributed by atoms with E-state index in [1.54, 1.807) is 24.5 Å². The normalized spacial score (nSPS) is 11.1. The molecule has 0 atom stereocenters. The molecule has 7 aromatic rings. The van der Waals surface area contributed by atoms with Crippen molar-refractivity contribution in [2.24, 2.45) is 0 Å². The summed E-state index contributed by atoms with van der Waals surface area (Å²) in [6, 6.07) is 52.5. The predicted molar refractivity (Wildman–Crippen MR) is 186 cm³/mol. The van der Waals surface area contributed by atoms with Crippen LogP contribution in [0.3, 0.4) is 0 Å². The van der Waals surface area contributed by atoms with Crippen molar-refractivity contribution in [1.29, 1.82) is 0 Å². The minimum absolute atomic E-state index is 0.371. The van der Waals surface area contributed by atoms with E-state index in [0.29, 0.717) is 28.1 Å². The van der Waals surface area contributed by atoms with Crippen LogP contribution in [-0.4, -0.2) is 19.9 Å². The van der Waals surface area contributed by atoms with Crippen molar-refractivity contribution in [2.75, 3.05) is 9.80 Å². The van der Waals surface area contributed by atoms with Gasteiger partial charge in [0.2, 0.25) is 19.0 Å². The van der Waals surface area contributed by atoms with Gasteiger partial charge < -0.3 is 4.57 Å². The van der Waals surface area contributed by atoms with Crippen LogP contribution in [-0.2, 0) is 4.57 Å². The average Bonchev–Trinajstić information content (AvgIpc) is 3.14. The first-order valence-electron chi connectivity index (χ1n) is 14.9. The van der Waals surface area contributed by atoms with Crippen LogP contribution in [0.5, 0.6) is 0 Å². The summed E-state index contributed by atoms with van der Waals surface area (Å²) in [7, 11) is -3.63. The first kappa shape index (κ1) is 28.8. The van der Waals surface area contributed by atoms with Crippen molar-refractivity contribution in [3.8, 4) is 0 Å². The molecule has 2 heterocycles. The SMILES string of the molecule is O=P(c1ccccc1)(c1ccnc(N(c2ccccc2)c2ccccc2)n1)c1ccnc(N(c2ccccc2)c2ccccc2)n1. The molecule has 0 saturated heterocycles. The molecule has 0 aliphatic heterocycles. The topological polar surface area (TPSA) is 75.1 Å². The zero-order valence-corrected chi connectivity index (χ0v) is 25.7. The number of para-hydroxylation sites is 4. The molecule has 0 N–H and O–H groups in total. The van der Waals surface area contributed by atoms with Gasteiger partial charge in [-0.1, -0.05) is 103 Å². The van der Waals surface area contributed by atoms with Gasteiger partial charge in [0.25, 0.3) is 0 Å². The Morgan fingerprint density at radius 1 is 0.391 bits per heavy atom. The molecule has 46 heavy (non-hydrogen) atoms. The summed E-state index contributed by atoms with van der Waals surface area (Å²) in [6.45, 7) is 0. The van der Waals surface area contributed by atoms with Crippen molar-refractivity contribution >= 4 is 58.0 Å². The minimum atomic E-state index is -3.63. The molecule has 8 heteroatoms. The van der Waals surface area contributed by atoms with Gasteiger partial charge in [-0.15, -0.1) is 0 Å². The van der Waals surface area contributed by atoms with E-state index in [4.69, 9.17) is 9.97 Å². The second kappa shape index (κ2) is 13.0. The summed E-state index contributed by atoms with van der Waals surface area (Å²) < 4.78 is 15.7. The van der Waals surface area contributed by atoms with E-state index in [-0.39, 0.29) is 0 Å².